The third kappa shape index (κ3) is 4.15. The summed E-state index contributed by atoms with van der Waals surface area (Å²) in [6.07, 6.45) is -0.145. The Morgan fingerprint density at radius 2 is 1.96 bits per heavy atom. The summed E-state index contributed by atoms with van der Waals surface area (Å²) in [6.45, 7) is 3.16. The number of hydrogen-bond donors (Lipinski definition) is 0. The molecule has 1 aromatic carbocycles. The van der Waals surface area contributed by atoms with Gasteiger partial charge in [-0.05, 0) is 26.0 Å². The van der Waals surface area contributed by atoms with Crippen molar-refractivity contribution >= 4 is 46.5 Å². The van der Waals surface area contributed by atoms with Crippen LogP contribution < -0.4 is 4.74 Å². The average Bonchev–Trinajstić information content (AvgIpc) is 2.90. The van der Waals surface area contributed by atoms with Gasteiger partial charge in [-0.25, -0.2) is 4.79 Å². The summed E-state index contributed by atoms with van der Waals surface area (Å²) < 4.78 is 11.3. The molecule has 0 bridgehead atoms. The molecule has 2 aromatic rings. The van der Waals surface area contributed by atoms with Crippen LogP contribution in [0.2, 0.25) is 15.1 Å². The number of hydrogen-bond acceptors (Lipinski definition) is 6. The summed E-state index contributed by atoms with van der Waals surface area (Å²) in [5.74, 6) is -0.991. The van der Waals surface area contributed by atoms with Crippen LogP contribution in [0.15, 0.2) is 18.3 Å². The second kappa shape index (κ2) is 7.90. The highest BCUT2D eigenvalue weighted by Crippen LogP contribution is 2.37. The summed E-state index contributed by atoms with van der Waals surface area (Å²) in [4.78, 5) is 22.3. The Morgan fingerprint density at radius 3 is 2.48 bits per heavy atom. The summed E-state index contributed by atoms with van der Waals surface area (Å²) in [6, 6.07) is 2.80. The Bertz CT molecular complexity index is 801. The van der Waals surface area contributed by atoms with Crippen LogP contribution in [0.1, 0.15) is 13.8 Å². The van der Waals surface area contributed by atoms with Crippen LogP contribution in [-0.2, 0) is 9.53 Å². The van der Waals surface area contributed by atoms with Gasteiger partial charge < -0.3 is 9.47 Å². The topological polar surface area (TPSA) is 96.5 Å². The molecular weight excluding hydrogens is 397 g/mol. The first-order chi connectivity index (χ1) is 11.8. The maximum Gasteiger partial charge on any atom is 0.350 e. The van der Waals surface area contributed by atoms with E-state index in [1.807, 2.05) is 0 Å². The van der Waals surface area contributed by atoms with Crippen molar-refractivity contribution in [3.05, 3.63) is 43.5 Å². The molecule has 8 nitrogen and oxygen atoms in total. The number of ether oxygens (including phenoxy) is 2. The van der Waals surface area contributed by atoms with Gasteiger partial charge in [0.25, 0.3) is 5.88 Å². The second-order valence-corrected chi connectivity index (χ2v) is 5.98. The van der Waals surface area contributed by atoms with Crippen molar-refractivity contribution in [1.82, 2.24) is 9.78 Å². The molecule has 134 valence electrons. The summed E-state index contributed by atoms with van der Waals surface area (Å²) in [5, 5.41) is 15.6. The van der Waals surface area contributed by atoms with Crippen molar-refractivity contribution in [2.75, 3.05) is 6.61 Å². The molecule has 0 aliphatic heterocycles. The first kappa shape index (κ1) is 19.3. The van der Waals surface area contributed by atoms with E-state index in [4.69, 9.17) is 44.3 Å². The molecule has 0 saturated carbocycles. The van der Waals surface area contributed by atoms with Crippen LogP contribution in [0.3, 0.4) is 0 Å². The maximum absolute atomic E-state index is 11.8. The SMILES string of the molecule is CCOC(=O)C(C)Oc1c([N+](=O)[O-])cnn1-c1c(Cl)cc(Cl)cc1Cl. The third-order valence-electron chi connectivity index (χ3n) is 3.00. The van der Waals surface area contributed by atoms with Gasteiger partial charge in [0.05, 0.1) is 21.6 Å². The van der Waals surface area contributed by atoms with Crippen LogP contribution in [0.25, 0.3) is 5.69 Å². The quantitative estimate of drug-likeness (QED) is 0.406. The highest BCUT2D eigenvalue weighted by atomic mass is 35.5. The lowest BCUT2D eigenvalue weighted by molar-refractivity contribution is -0.386. The molecule has 25 heavy (non-hydrogen) atoms. The maximum atomic E-state index is 11.8. The number of halogens is 3. The van der Waals surface area contributed by atoms with Crippen molar-refractivity contribution < 1.29 is 19.2 Å². The number of esters is 1. The van der Waals surface area contributed by atoms with E-state index in [0.29, 0.717) is 0 Å². The zero-order valence-electron chi connectivity index (χ0n) is 13.0. The molecule has 0 radical (unpaired) electrons. The highest BCUT2D eigenvalue weighted by Gasteiger charge is 2.29. The van der Waals surface area contributed by atoms with Gasteiger partial charge in [0.1, 0.15) is 11.9 Å². The average molecular weight is 409 g/mol. The summed E-state index contributed by atoms with van der Waals surface area (Å²) in [5.41, 5.74) is -0.329. The lowest BCUT2D eigenvalue weighted by atomic mass is 10.3. The second-order valence-electron chi connectivity index (χ2n) is 4.73. The molecule has 1 unspecified atom stereocenters. The molecule has 2 rings (SSSR count). The standard InChI is InChI=1S/C14H12Cl3N3O5/c1-3-24-14(21)7(2)25-13-11(20(22)23)6-18-19(13)12-9(16)4-8(15)5-10(12)17/h4-7H,3H2,1-2H3. The van der Waals surface area contributed by atoms with Gasteiger partial charge in [-0.1, -0.05) is 34.8 Å². The molecule has 0 fully saturated rings. The Hall–Kier alpha value is -2.03. The summed E-state index contributed by atoms with van der Waals surface area (Å²) in [7, 11) is 0. The van der Waals surface area contributed by atoms with Crippen molar-refractivity contribution in [2.24, 2.45) is 0 Å². The Balaban J connectivity index is 2.54. The molecule has 1 atom stereocenters. The number of nitro groups is 1. The van der Waals surface area contributed by atoms with E-state index < -0.39 is 22.7 Å². The molecule has 1 aromatic heterocycles. The Morgan fingerprint density at radius 1 is 1.36 bits per heavy atom. The minimum atomic E-state index is -1.11. The number of rotatable bonds is 6. The zero-order chi connectivity index (χ0) is 18.7. The van der Waals surface area contributed by atoms with Crippen molar-refractivity contribution in [3.8, 4) is 11.6 Å². The van der Waals surface area contributed by atoms with Gasteiger partial charge in [-0.2, -0.15) is 9.78 Å². The molecule has 1 heterocycles. The number of nitrogens with zero attached hydrogens (tertiary/aromatic N) is 3. The highest BCUT2D eigenvalue weighted by molar-refractivity contribution is 6.40. The van der Waals surface area contributed by atoms with Gasteiger partial charge in [-0.3, -0.25) is 10.1 Å². The fourth-order valence-corrected chi connectivity index (χ4v) is 2.91. The molecule has 0 spiro atoms. The minimum absolute atomic E-state index is 0.101. The molecule has 0 saturated heterocycles. The molecule has 0 aliphatic rings. The number of carbonyl (C=O) groups excluding carboxylic acids is 1. The Labute approximate surface area is 157 Å². The molecule has 11 heteroatoms. The Kier molecular flexibility index (Phi) is 6.10. The van der Waals surface area contributed by atoms with Crippen LogP contribution >= 0.6 is 34.8 Å². The van der Waals surface area contributed by atoms with E-state index in [2.05, 4.69) is 5.10 Å². The van der Waals surface area contributed by atoms with Gasteiger partial charge in [-0.15, -0.1) is 0 Å². The van der Waals surface area contributed by atoms with Gasteiger partial charge in [0, 0.05) is 5.02 Å². The third-order valence-corrected chi connectivity index (χ3v) is 3.80. The van der Waals surface area contributed by atoms with Crippen LogP contribution in [0.5, 0.6) is 5.88 Å². The molecular formula is C14H12Cl3N3O5. The van der Waals surface area contributed by atoms with Gasteiger partial charge in [0.2, 0.25) is 0 Å². The van der Waals surface area contributed by atoms with Crippen LogP contribution in [0, 0.1) is 10.1 Å². The number of carbonyl (C=O) groups is 1. The fourth-order valence-electron chi connectivity index (χ4n) is 1.94. The van der Waals surface area contributed by atoms with E-state index in [9.17, 15) is 14.9 Å². The summed E-state index contributed by atoms with van der Waals surface area (Å²) >= 11 is 18.1. The zero-order valence-corrected chi connectivity index (χ0v) is 15.3. The minimum Gasteiger partial charge on any atom is -0.463 e. The van der Waals surface area contributed by atoms with Gasteiger partial charge >= 0.3 is 11.7 Å². The first-order valence-electron chi connectivity index (χ1n) is 6.96. The molecule has 0 amide bonds. The van der Waals surface area contributed by atoms with E-state index in [1.165, 1.54) is 19.1 Å². The number of benzene rings is 1. The van der Waals surface area contributed by atoms with Gasteiger partial charge in [0.15, 0.2) is 6.10 Å². The predicted octanol–water partition coefficient (Wildman–Crippen LogP) is 4.07. The van der Waals surface area contributed by atoms with Crippen molar-refractivity contribution in [2.45, 2.75) is 20.0 Å². The van der Waals surface area contributed by atoms with E-state index in [0.717, 1.165) is 10.9 Å². The lowest BCUT2D eigenvalue weighted by Gasteiger charge is -2.15. The predicted molar refractivity (Wildman–Crippen MR) is 92.0 cm³/mol. The van der Waals surface area contributed by atoms with E-state index >= 15 is 0 Å². The van der Waals surface area contributed by atoms with E-state index in [1.54, 1.807) is 6.92 Å². The molecule has 0 aliphatic carbocycles. The molecule has 0 N–H and O–H groups in total. The lowest BCUT2D eigenvalue weighted by Crippen LogP contribution is -2.27. The van der Waals surface area contributed by atoms with Crippen LogP contribution in [-0.4, -0.2) is 33.4 Å². The number of aromatic nitrogens is 2. The van der Waals surface area contributed by atoms with Crippen molar-refractivity contribution in [1.29, 1.82) is 0 Å². The smallest absolute Gasteiger partial charge is 0.350 e. The van der Waals surface area contributed by atoms with E-state index in [-0.39, 0.29) is 33.2 Å². The largest absolute Gasteiger partial charge is 0.463 e. The fraction of sp³-hybridized carbons (Fsp3) is 0.286. The van der Waals surface area contributed by atoms with Crippen molar-refractivity contribution in [3.63, 3.8) is 0 Å². The van der Waals surface area contributed by atoms with Crippen LogP contribution in [0.4, 0.5) is 5.69 Å². The monoisotopic (exact) mass is 407 g/mol. The normalized spacial score (nSPS) is 11.9. The first-order valence-corrected chi connectivity index (χ1v) is 8.10.